The number of hydrogen-bond acceptors (Lipinski definition) is 1. The van der Waals surface area contributed by atoms with E-state index >= 15 is 0 Å². The van der Waals surface area contributed by atoms with Gasteiger partial charge in [-0.25, -0.2) is 4.98 Å². The van der Waals surface area contributed by atoms with E-state index in [4.69, 9.17) is 16.6 Å². The Balaban J connectivity index is 1.79. The molecule has 130 valence electrons. The van der Waals surface area contributed by atoms with Crippen LogP contribution in [0.5, 0.6) is 0 Å². The van der Waals surface area contributed by atoms with Gasteiger partial charge in [0, 0.05) is 16.1 Å². The van der Waals surface area contributed by atoms with Crippen LogP contribution >= 0.6 is 11.6 Å². The van der Waals surface area contributed by atoms with Crippen LogP contribution in [0.25, 0.3) is 33.6 Å². The molecule has 0 radical (unpaired) electrons. The number of rotatable bonds is 2. The van der Waals surface area contributed by atoms with Gasteiger partial charge < -0.3 is 0 Å². The first-order valence-corrected chi connectivity index (χ1v) is 9.61. The molecule has 4 aromatic rings. The van der Waals surface area contributed by atoms with Crippen molar-refractivity contribution in [2.45, 2.75) is 12.8 Å². The number of halogens is 1. The topological polar surface area (TPSA) is 12.9 Å². The van der Waals surface area contributed by atoms with Crippen LogP contribution < -0.4 is 0 Å². The zero-order valence-corrected chi connectivity index (χ0v) is 15.6. The summed E-state index contributed by atoms with van der Waals surface area (Å²) >= 11 is 6.12. The quantitative estimate of drug-likeness (QED) is 0.378. The second-order valence-electron chi connectivity index (χ2n) is 6.91. The predicted molar refractivity (Wildman–Crippen MR) is 113 cm³/mol. The second-order valence-corrected chi connectivity index (χ2v) is 7.35. The Labute approximate surface area is 164 Å². The Kier molecular flexibility index (Phi) is 4.03. The van der Waals surface area contributed by atoms with E-state index in [1.807, 2.05) is 18.2 Å². The number of fused-ring (bicyclic) bond motifs is 3. The molecule has 1 aromatic heterocycles. The van der Waals surface area contributed by atoms with Gasteiger partial charge in [-0.2, -0.15) is 0 Å². The summed E-state index contributed by atoms with van der Waals surface area (Å²) in [5, 5.41) is 0.760. The molecular weight excluding hydrogens is 350 g/mol. The average Bonchev–Trinajstić information content (AvgIpc) is 2.74. The van der Waals surface area contributed by atoms with Crippen LogP contribution in [-0.2, 0) is 12.8 Å². The fraction of sp³-hybridized carbons (Fsp3) is 0.0800. The molecule has 1 heterocycles. The molecule has 0 fully saturated rings. The molecule has 0 bridgehead atoms. The van der Waals surface area contributed by atoms with Crippen molar-refractivity contribution in [3.8, 4) is 33.6 Å². The fourth-order valence-electron chi connectivity index (χ4n) is 3.92. The lowest BCUT2D eigenvalue weighted by Crippen LogP contribution is -2.08. The molecule has 0 amide bonds. The van der Waals surface area contributed by atoms with Crippen LogP contribution in [0.4, 0.5) is 0 Å². The van der Waals surface area contributed by atoms with Crippen molar-refractivity contribution in [1.82, 2.24) is 4.98 Å². The van der Waals surface area contributed by atoms with E-state index in [1.165, 1.54) is 27.8 Å². The number of hydrogen-bond donors (Lipinski definition) is 0. The Morgan fingerprint density at radius 2 is 1.41 bits per heavy atom. The average molecular weight is 368 g/mol. The van der Waals surface area contributed by atoms with Crippen molar-refractivity contribution < 1.29 is 0 Å². The van der Waals surface area contributed by atoms with Crippen molar-refractivity contribution >= 4 is 11.6 Å². The van der Waals surface area contributed by atoms with Crippen LogP contribution in [0, 0.1) is 0 Å². The first-order valence-electron chi connectivity index (χ1n) is 9.23. The van der Waals surface area contributed by atoms with Gasteiger partial charge in [-0.3, -0.25) is 0 Å². The molecule has 0 N–H and O–H groups in total. The van der Waals surface area contributed by atoms with Crippen LogP contribution in [0.3, 0.4) is 0 Å². The van der Waals surface area contributed by atoms with Crippen LogP contribution in [-0.4, -0.2) is 4.98 Å². The Hall–Kier alpha value is -2.90. The van der Waals surface area contributed by atoms with E-state index in [0.717, 1.165) is 34.8 Å². The predicted octanol–water partition coefficient (Wildman–Crippen LogP) is 6.83. The standard InChI is InChI=1S/C25H18ClN/c26-20-13-10-18(11-14-20)23-16-24(19-7-2-1-3-8-19)27-25-21-9-5-4-6-17(21)12-15-22(23)25/h1-11,13-14,16H,12,15H2. The minimum absolute atomic E-state index is 0.760. The van der Waals surface area contributed by atoms with Crippen molar-refractivity contribution in [1.29, 1.82) is 0 Å². The summed E-state index contributed by atoms with van der Waals surface area (Å²) in [6, 6.07) is 29.4. The highest BCUT2D eigenvalue weighted by Crippen LogP contribution is 2.40. The van der Waals surface area contributed by atoms with Crippen LogP contribution in [0.15, 0.2) is 84.9 Å². The summed E-state index contributed by atoms with van der Waals surface area (Å²) in [6.45, 7) is 0. The highest BCUT2D eigenvalue weighted by atomic mass is 35.5. The van der Waals surface area contributed by atoms with Gasteiger partial charge in [0.1, 0.15) is 0 Å². The SMILES string of the molecule is Clc1ccc(-c2cc(-c3ccccc3)nc3c2CCc2ccccc2-3)cc1. The van der Waals surface area contributed by atoms with Crippen molar-refractivity contribution in [3.05, 3.63) is 101 Å². The molecular formula is C25H18ClN. The summed E-state index contributed by atoms with van der Waals surface area (Å²) < 4.78 is 0. The minimum atomic E-state index is 0.760. The van der Waals surface area contributed by atoms with Gasteiger partial charge in [0.15, 0.2) is 0 Å². The minimum Gasteiger partial charge on any atom is -0.247 e. The Morgan fingerprint density at radius 1 is 0.667 bits per heavy atom. The molecule has 1 aliphatic rings. The van der Waals surface area contributed by atoms with Crippen molar-refractivity contribution in [2.24, 2.45) is 0 Å². The zero-order chi connectivity index (χ0) is 18.2. The second kappa shape index (κ2) is 6.68. The number of benzene rings is 3. The van der Waals surface area contributed by atoms with E-state index in [9.17, 15) is 0 Å². The van der Waals surface area contributed by atoms with E-state index in [-0.39, 0.29) is 0 Å². The third kappa shape index (κ3) is 2.94. The first kappa shape index (κ1) is 16.3. The third-order valence-corrected chi connectivity index (χ3v) is 5.52. The fourth-order valence-corrected chi connectivity index (χ4v) is 4.05. The molecule has 3 aromatic carbocycles. The van der Waals surface area contributed by atoms with Gasteiger partial charge in [0.05, 0.1) is 11.4 Å². The highest BCUT2D eigenvalue weighted by molar-refractivity contribution is 6.30. The van der Waals surface area contributed by atoms with Crippen molar-refractivity contribution in [3.63, 3.8) is 0 Å². The molecule has 2 heteroatoms. The molecule has 1 aliphatic carbocycles. The lowest BCUT2D eigenvalue weighted by Gasteiger charge is -2.23. The molecule has 5 rings (SSSR count). The maximum absolute atomic E-state index is 6.12. The van der Waals surface area contributed by atoms with E-state index < -0.39 is 0 Å². The van der Waals surface area contributed by atoms with E-state index in [2.05, 4.69) is 66.7 Å². The monoisotopic (exact) mass is 367 g/mol. The normalized spacial score (nSPS) is 12.3. The summed E-state index contributed by atoms with van der Waals surface area (Å²) in [5.74, 6) is 0. The van der Waals surface area contributed by atoms with Gasteiger partial charge in [-0.1, -0.05) is 78.3 Å². The maximum atomic E-state index is 6.12. The van der Waals surface area contributed by atoms with Gasteiger partial charge >= 0.3 is 0 Å². The Bertz CT molecular complexity index is 1110. The summed E-state index contributed by atoms with van der Waals surface area (Å²) in [5.41, 5.74) is 9.67. The van der Waals surface area contributed by atoms with Crippen LogP contribution in [0.1, 0.15) is 11.1 Å². The zero-order valence-electron chi connectivity index (χ0n) is 14.8. The molecule has 0 saturated heterocycles. The Morgan fingerprint density at radius 3 is 2.22 bits per heavy atom. The molecule has 0 atom stereocenters. The van der Waals surface area contributed by atoms with Gasteiger partial charge in [0.2, 0.25) is 0 Å². The highest BCUT2D eigenvalue weighted by Gasteiger charge is 2.22. The molecule has 0 saturated carbocycles. The molecule has 1 nitrogen and oxygen atoms in total. The van der Waals surface area contributed by atoms with E-state index in [1.54, 1.807) is 0 Å². The van der Waals surface area contributed by atoms with E-state index in [0.29, 0.717) is 0 Å². The largest absolute Gasteiger partial charge is 0.247 e. The lowest BCUT2D eigenvalue weighted by molar-refractivity contribution is 0.930. The smallest absolute Gasteiger partial charge is 0.0750 e. The van der Waals surface area contributed by atoms with Gasteiger partial charge in [-0.15, -0.1) is 0 Å². The molecule has 0 aliphatic heterocycles. The van der Waals surface area contributed by atoms with Crippen molar-refractivity contribution in [2.75, 3.05) is 0 Å². The first-order chi connectivity index (χ1) is 13.3. The number of nitrogens with zero attached hydrogens (tertiary/aromatic N) is 1. The molecule has 0 spiro atoms. The summed E-state index contributed by atoms with van der Waals surface area (Å²) in [6.07, 6.45) is 2.06. The summed E-state index contributed by atoms with van der Waals surface area (Å²) in [7, 11) is 0. The van der Waals surface area contributed by atoms with Crippen LogP contribution in [0.2, 0.25) is 5.02 Å². The summed E-state index contributed by atoms with van der Waals surface area (Å²) in [4.78, 5) is 5.10. The maximum Gasteiger partial charge on any atom is 0.0750 e. The number of pyridine rings is 1. The number of aromatic nitrogens is 1. The van der Waals surface area contributed by atoms with Gasteiger partial charge in [0.25, 0.3) is 0 Å². The number of aryl methyl sites for hydroxylation is 1. The molecule has 0 unspecified atom stereocenters. The third-order valence-electron chi connectivity index (χ3n) is 5.27. The van der Waals surface area contributed by atoms with Gasteiger partial charge in [-0.05, 0) is 53.3 Å². The lowest BCUT2D eigenvalue weighted by atomic mass is 9.84. The molecule has 27 heavy (non-hydrogen) atoms.